The number of nitrogens with one attached hydrogen (secondary N) is 1. The van der Waals surface area contributed by atoms with E-state index in [1.165, 1.54) is 11.1 Å². The van der Waals surface area contributed by atoms with Gasteiger partial charge in [0.25, 0.3) is 0 Å². The van der Waals surface area contributed by atoms with Gasteiger partial charge in [0.1, 0.15) is 17.6 Å². The smallest absolute Gasteiger partial charge is 0.174 e. The van der Waals surface area contributed by atoms with Crippen LogP contribution in [-0.4, -0.2) is 10.1 Å². The number of rotatable bonds is 4. The van der Waals surface area contributed by atoms with Crippen molar-refractivity contribution in [3.05, 3.63) is 106 Å². The minimum Gasteiger partial charge on any atom is -0.459 e. The number of thiocarbonyl (C=S) groups is 1. The van der Waals surface area contributed by atoms with Gasteiger partial charge in [-0.05, 0) is 91.8 Å². The minimum atomic E-state index is -0.217. The topological polar surface area (TPSA) is 41.3 Å². The highest BCUT2D eigenvalue weighted by atomic mass is 35.5. The molecule has 1 aliphatic rings. The van der Waals surface area contributed by atoms with Crippen LogP contribution in [0.1, 0.15) is 34.7 Å². The molecule has 0 aliphatic carbocycles. The van der Waals surface area contributed by atoms with E-state index in [1.807, 2.05) is 36.4 Å². The maximum Gasteiger partial charge on any atom is 0.174 e. The SMILES string of the molecule is Cc1ccc(N2C(=S)N[C@@H](c3ccccn3)[C@H]2c2ccc(-c3ccc(Cl)c(Cl)c3)o2)cc1C. The Morgan fingerprint density at radius 2 is 1.79 bits per heavy atom. The number of pyridine rings is 1. The predicted molar refractivity (Wildman–Crippen MR) is 138 cm³/mol. The summed E-state index contributed by atoms with van der Waals surface area (Å²) in [4.78, 5) is 6.70. The fourth-order valence-electron chi connectivity index (χ4n) is 4.11. The monoisotopic (exact) mass is 493 g/mol. The lowest BCUT2D eigenvalue weighted by molar-refractivity contribution is 0.439. The fraction of sp³-hybridized carbons (Fsp3) is 0.154. The number of halogens is 2. The van der Waals surface area contributed by atoms with Crippen LogP contribution in [0.3, 0.4) is 0 Å². The first kappa shape index (κ1) is 22.0. The molecule has 0 unspecified atom stereocenters. The summed E-state index contributed by atoms with van der Waals surface area (Å²) in [5.74, 6) is 1.48. The zero-order chi connectivity index (χ0) is 23.1. The molecular formula is C26H21Cl2N3OS. The molecule has 0 bridgehead atoms. The number of hydrogen-bond acceptors (Lipinski definition) is 3. The van der Waals surface area contributed by atoms with Crippen LogP contribution >= 0.6 is 35.4 Å². The van der Waals surface area contributed by atoms with Gasteiger partial charge >= 0.3 is 0 Å². The van der Waals surface area contributed by atoms with E-state index in [9.17, 15) is 0 Å². The van der Waals surface area contributed by atoms with Crippen molar-refractivity contribution in [3.8, 4) is 11.3 Å². The van der Waals surface area contributed by atoms with Crippen LogP contribution in [0, 0.1) is 13.8 Å². The third-order valence-corrected chi connectivity index (χ3v) is 7.04. The molecule has 4 nitrogen and oxygen atoms in total. The van der Waals surface area contributed by atoms with Gasteiger partial charge in [0, 0.05) is 17.4 Å². The van der Waals surface area contributed by atoms with Crippen LogP contribution in [-0.2, 0) is 0 Å². The average Bonchev–Trinajstić information content (AvgIpc) is 3.43. The number of anilines is 1. The molecule has 4 aromatic rings. The first-order chi connectivity index (χ1) is 15.9. The highest BCUT2D eigenvalue weighted by Crippen LogP contribution is 2.43. The van der Waals surface area contributed by atoms with E-state index >= 15 is 0 Å². The molecule has 0 radical (unpaired) electrons. The Hall–Kier alpha value is -2.86. The number of benzene rings is 2. The molecule has 2 atom stereocenters. The lowest BCUT2D eigenvalue weighted by Gasteiger charge is -2.26. The van der Waals surface area contributed by atoms with Crippen molar-refractivity contribution in [2.24, 2.45) is 0 Å². The molecule has 1 aliphatic heterocycles. The maximum atomic E-state index is 6.38. The van der Waals surface area contributed by atoms with Crippen molar-refractivity contribution >= 4 is 46.2 Å². The fourth-order valence-corrected chi connectivity index (χ4v) is 4.76. The molecular weight excluding hydrogens is 473 g/mol. The summed E-state index contributed by atoms with van der Waals surface area (Å²) in [7, 11) is 0. The Bertz CT molecular complexity index is 1340. The van der Waals surface area contributed by atoms with Crippen LogP contribution in [0.2, 0.25) is 10.0 Å². The van der Waals surface area contributed by atoms with E-state index < -0.39 is 0 Å². The summed E-state index contributed by atoms with van der Waals surface area (Å²) < 4.78 is 6.38. The van der Waals surface area contributed by atoms with Gasteiger partial charge in [-0.3, -0.25) is 4.98 Å². The van der Waals surface area contributed by atoms with Gasteiger partial charge in [-0.15, -0.1) is 0 Å². The van der Waals surface area contributed by atoms with Gasteiger partial charge in [0.15, 0.2) is 5.11 Å². The molecule has 166 valence electrons. The Morgan fingerprint density at radius 3 is 2.52 bits per heavy atom. The molecule has 0 saturated carbocycles. The maximum absolute atomic E-state index is 6.38. The van der Waals surface area contributed by atoms with E-state index in [4.69, 9.17) is 39.8 Å². The van der Waals surface area contributed by atoms with Crippen LogP contribution < -0.4 is 10.2 Å². The molecule has 3 heterocycles. The minimum absolute atomic E-state index is 0.173. The van der Waals surface area contributed by atoms with Crippen molar-refractivity contribution in [2.75, 3.05) is 4.90 Å². The van der Waals surface area contributed by atoms with Crippen LogP contribution in [0.25, 0.3) is 11.3 Å². The molecule has 1 fully saturated rings. The molecule has 2 aromatic carbocycles. The summed E-state index contributed by atoms with van der Waals surface area (Å²) in [5, 5.41) is 5.09. The molecule has 0 amide bonds. The summed E-state index contributed by atoms with van der Waals surface area (Å²) in [6, 6.07) is 21.3. The number of nitrogens with zero attached hydrogens (tertiary/aromatic N) is 2. The van der Waals surface area contributed by atoms with Crippen molar-refractivity contribution < 1.29 is 4.42 Å². The van der Waals surface area contributed by atoms with Crippen molar-refractivity contribution in [1.29, 1.82) is 0 Å². The van der Waals surface area contributed by atoms with E-state index in [0.29, 0.717) is 20.9 Å². The standard InChI is InChI=1S/C26H21Cl2N3OS/c1-15-6-8-18(13-16(15)2)31-25(24(30-26(31)33)21-5-3-4-12-29-21)23-11-10-22(32-23)17-7-9-19(27)20(28)14-17/h3-14,24-25H,1-2H3,(H,30,33)/t24-,25+/m0/s1. The Morgan fingerprint density at radius 1 is 0.939 bits per heavy atom. The molecule has 33 heavy (non-hydrogen) atoms. The molecule has 1 N–H and O–H groups in total. The van der Waals surface area contributed by atoms with Gasteiger partial charge in [0.2, 0.25) is 0 Å². The number of aromatic nitrogens is 1. The lowest BCUT2D eigenvalue weighted by Crippen LogP contribution is -2.29. The van der Waals surface area contributed by atoms with E-state index in [-0.39, 0.29) is 12.1 Å². The van der Waals surface area contributed by atoms with Crippen molar-refractivity contribution in [1.82, 2.24) is 10.3 Å². The highest BCUT2D eigenvalue weighted by Gasteiger charge is 2.42. The van der Waals surface area contributed by atoms with Crippen LogP contribution in [0.4, 0.5) is 5.69 Å². The second-order valence-corrected chi connectivity index (χ2v) is 9.30. The zero-order valence-corrected chi connectivity index (χ0v) is 20.4. The second-order valence-electron chi connectivity index (χ2n) is 8.10. The Labute approximate surface area is 208 Å². The van der Waals surface area contributed by atoms with Gasteiger partial charge in [-0.25, -0.2) is 0 Å². The van der Waals surface area contributed by atoms with Crippen molar-refractivity contribution in [3.63, 3.8) is 0 Å². The van der Waals surface area contributed by atoms with E-state index in [2.05, 4.69) is 47.2 Å². The first-order valence-corrected chi connectivity index (χ1v) is 11.7. The van der Waals surface area contributed by atoms with Gasteiger partial charge in [-0.2, -0.15) is 0 Å². The number of hydrogen-bond donors (Lipinski definition) is 1. The highest BCUT2D eigenvalue weighted by molar-refractivity contribution is 7.80. The summed E-state index contributed by atoms with van der Waals surface area (Å²) >= 11 is 18.1. The summed E-state index contributed by atoms with van der Waals surface area (Å²) in [6.45, 7) is 4.20. The van der Waals surface area contributed by atoms with Crippen LogP contribution in [0.5, 0.6) is 0 Å². The van der Waals surface area contributed by atoms with Crippen LogP contribution in [0.15, 0.2) is 77.3 Å². The van der Waals surface area contributed by atoms with E-state index in [0.717, 1.165) is 22.7 Å². The summed E-state index contributed by atoms with van der Waals surface area (Å²) in [5.41, 5.74) is 5.19. The molecule has 1 saturated heterocycles. The molecule has 0 spiro atoms. The average molecular weight is 494 g/mol. The Kier molecular flexibility index (Phi) is 5.87. The number of furan rings is 1. The van der Waals surface area contributed by atoms with E-state index in [1.54, 1.807) is 18.3 Å². The van der Waals surface area contributed by atoms with Gasteiger partial charge in [-0.1, -0.05) is 35.3 Å². The lowest BCUT2D eigenvalue weighted by atomic mass is 10.0. The Balaban J connectivity index is 1.61. The molecule has 7 heteroatoms. The molecule has 5 rings (SSSR count). The summed E-state index contributed by atoms with van der Waals surface area (Å²) in [6.07, 6.45) is 1.79. The zero-order valence-electron chi connectivity index (χ0n) is 18.0. The van der Waals surface area contributed by atoms with Gasteiger partial charge < -0.3 is 14.6 Å². The quantitative estimate of drug-likeness (QED) is 0.299. The third kappa shape index (κ3) is 4.12. The molecule has 2 aromatic heterocycles. The third-order valence-electron chi connectivity index (χ3n) is 5.99. The number of aryl methyl sites for hydroxylation is 2. The van der Waals surface area contributed by atoms with Crippen molar-refractivity contribution in [2.45, 2.75) is 25.9 Å². The largest absolute Gasteiger partial charge is 0.459 e. The van der Waals surface area contributed by atoms with Gasteiger partial charge in [0.05, 0.1) is 21.8 Å². The first-order valence-electron chi connectivity index (χ1n) is 10.6. The second kappa shape index (κ2) is 8.82. The normalized spacial score (nSPS) is 17.9. The predicted octanol–water partition coefficient (Wildman–Crippen LogP) is 7.44.